The minimum Gasteiger partial charge on any atom is -0.341 e. The number of aryl methyl sites for hydroxylation is 1. The fraction of sp³-hybridized carbons (Fsp3) is 0.619. The quantitative estimate of drug-likeness (QED) is 0.847. The first-order chi connectivity index (χ1) is 12.3. The summed E-state index contributed by atoms with van der Waals surface area (Å²) in [4.78, 5) is 28.9. The van der Waals surface area contributed by atoms with Gasteiger partial charge in [-0.05, 0) is 57.9 Å². The van der Waals surface area contributed by atoms with Crippen molar-refractivity contribution >= 4 is 17.5 Å². The Labute approximate surface area is 157 Å². The molecule has 0 radical (unpaired) electrons. The van der Waals surface area contributed by atoms with Crippen LogP contribution in [0.4, 0.5) is 5.69 Å². The van der Waals surface area contributed by atoms with Crippen LogP contribution in [0.5, 0.6) is 0 Å². The lowest BCUT2D eigenvalue weighted by atomic mass is 9.94. The zero-order chi connectivity index (χ0) is 19.3. The van der Waals surface area contributed by atoms with E-state index in [1.165, 1.54) is 19.3 Å². The molecule has 1 aromatic carbocycles. The van der Waals surface area contributed by atoms with Gasteiger partial charge in [0, 0.05) is 18.8 Å². The molecule has 1 N–H and O–H groups in total. The summed E-state index contributed by atoms with van der Waals surface area (Å²) in [5.41, 5.74) is 3.06. The second-order valence-corrected chi connectivity index (χ2v) is 7.63. The van der Waals surface area contributed by atoms with E-state index in [4.69, 9.17) is 0 Å². The highest BCUT2D eigenvalue weighted by atomic mass is 16.2. The summed E-state index contributed by atoms with van der Waals surface area (Å²) in [5.74, 6) is 0.0000977. The fourth-order valence-corrected chi connectivity index (χ4v) is 3.57. The second kappa shape index (κ2) is 9.17. The third-order valence-electron chi connectivity index (χ3n) is 5.76. The minimum atomic E-state index is -0.314. The molecule has 2 amide bonds. The molecule has 2 rings (SSSR count). The summed E-state index contributed by atoms with van der Waals surface area (Å²) < 4.78 is 0. The van der Waals surface area contributed by atoms with Gasteiger partial charge in [-0.2, -0.15) is 0 Å². The smallest absolute Gasteiger partial charge is 0.239 e. The van der Waals surface area contributed by atoms with E-state index in [1.807, 2.05) is 62.9 Å². The van der Waals surface area contributed by atoms with Gasteiger partial charge in [-0.25, -0.2) is 0 Å². The van der Waals surface area contributed by atoms with E-state index in [1.54, 1.807) is 0 Å². The average molecular weight is 360 g/mol. The van der Waals surface area contributed by atoms with Crippen molar-refractivity contribution in [2.45, 2.75) is 65.0 Å². The number of benzene rings is 1. The van der Waals surface area contributed by atoms with Crippen LogP contribution in [0.1, 0.15) is 50.2 Å². The Balaban J connectivity index is 1.90. The van der Waals surface area contributed by atoms with E-state index >= 15 is 0 Å². The zero-order valence-electron chi connectivity index (χ0n) is 16.8. The van der Waals surface area contributed by atoms with E-state index < -0.39 is 0 Å². The molecule has 0 spiro atoms. The van der Waals surface area contributed by atoms with Crippen LogP contribution in [0.25, 0.3) is 0 Å². The summed E-state index contributed by atoms with van der Waals surface area (Å²) in [7, 11) is 3.73. The Morgan fingerprint density at radius 2 is 1.81 bits per heavy atom. The third-order valence-corrected chi connectivity index (χ3v) is 5.76. The first-order valence-electron chi connectivity index (χ1n) is 9.64. The van der Waals surface area contributed by atoms with Gasteiger partial charge in [-0.3, -0.25) is 14.5 Å². The van der Waals surface area contributed by atoms with Gasteiger partial charge >= 0.3 is 0 Å². The van der Waals surface area contributed by atoms with Gasteiger partial charge in [-0.15, -0.1) is 0 Å². The summed E-state index contributed by atoms with van der Waals surface area (Å²) in [6.45, 7) is 6.10. The number of hydrogen-bond acceptors (Lipinski definition) is 3. The molecule has 0 aromatic heterocycles. The molecule has 0 aliphatic heterocycles. The molecule has 5 nitrogen and oxygen atoms in total. The molecule has 0 saturated heterocycles. The van der Waals surface area contributed by atoms with Gasteiger partial charge in [-0.1, -0.05) is 31.4 Å². The van der Waals surface area contributed by atoms with Crippen molar-refractivity contribution in [2.75, 3.05) is 26.0 Å². The van der Waals surface area contributed by atoms with Crippen LogP contribution in [0.3, 0.4) is 0 Å². The molecule has 26 heavy (non-hydrogen) atoms. The number of carbonyl (C=O) groups excluding carboxylic acids is 2. The molecular formula is C21H33N3O2. The summed E-state index contributed by atoms with van der Waals surface area (Å²) in [6, 6.07) is 5.90. The van der Waals surface area contributed by atoms with Crippen LogP contribution in [0, 0.1) is 13.8 Å². The number of hydrogen-bond donors (Lipinski definition) is 1. The molecule has 1 saturated carbocycles. The number of amides is 2. The Kier molecular flexibility index (Phi) is 7.21. The minimum absolute atomic E-state index is 0.0961. The Hall–Kier alpha value is -1.88. The molecule has 0 unspecified atom stereocenters. The maximum absolute atomic E-state index is 12.8. The summed E-state index contributed by atoms with van der Waals surface area (Å²) in [5, 5.41) is 2.96. The van der Waals surface area contributed by atoms with Crippen LogP contribution >= 0.6 is 0 Å². The monoisotopic (exact) mass is 359 g/mol. The Morgan fingerprint density at radius 1 is 1.15 bits per heavy atom. The Morgan fingerprint density at radius 3 is 2.46 bits per heavy atom. The van der Waals surface area contributed by atoms with Gasteiger partial charge < -0.3 is 10.2 Å². The number of rotatable bonds is 6. The van der Waals surface area contributed by atoms with E-state index in [0.717, 1.165) is 29.7 Å². The fourth-order valence-electron chi connectivity index (χ4n) is 3.57. The number of anilines is 1. The third kappa shape index (κ3) is 5.07. The average Bonchev–Trinajstić information content (AvgIpc) is 2.64. The van der Waals surface area contributed by atoms with Gasteiger partial charge in [0.25, 0.3) is 0 Å². The van der Waals surface area contributed by atoms with E-state index in [2.05, 4.69) is 5.32 Å². The van der Waals surface area contributed by atoms with Crippen molar-refractivity contribution in [1.82, 2.24) is 9.80 Å². The van der Waals surface area contributed by atoms with Gasteiger partial charge in [0.2, 0.25) is 11.8 Å². The first-order valence-corrected chi connectivity index (χ1v) is 9.64. The highest BCUT2D eigenvalue weighted by Gasteiger charge is 2.28. The lowest BCUT2D eigenvalue weighted by Crippen LogP contribution is -2.49. The topological polar surface area (TPSA) is 52.7 Å². The van der Waals surface area contributed by atoms with Crippen LogP contribution in [0.15, 0.2) is 18.2 Å². The highest BCUT2D eigenvalue weighted by molar-refractivity contribution is 5.93. The van der Waals surface area contributed by atoms with Crippen LogP contribution in [-0.2, 0) is 9.59 Å². The van der Waals surface area contributed by atoms with Crippen LogP contribution in [-0.4, -0.2) is 54.3 Å². The standard InChI is InChI=1S/C21H33N3O2/c1-15-10-9-13-19(16(15)2)22-20(25)14-23(4)17(3)21(26)24(5)18-11-7-6-8-12-18/h9-10,13,17-18H,6-8,11-12,14H2,1-5H3,(H,22,25)/t17-/m0/s1. The lowest BCUT2D eigenvalue weighted by molar-refractivity contribution is -0.137. The summed E-state index contributed by atoms with van der Waals surface area (Å²) in [6.07, 6.45) is 5.85. The maximum atomic E-state index is 12.8. The highest BCUT2D eigenvalue weighted by Crippen LogP contribution is 2.22. The van der Waals surface area contributed by atoms with Gasteiger partial charge in [0.1, 0.15) is 0 Å². The maximum Gasteiger partial charge on any atom is 0.239 e. The van der Waals surface area contributed by atoms with Gasteiger partial charge in [0.15, 0.2) is 0 Å². The van der Waals surface area contributed by atoms with Crippen molar-refractivity contribution in [1.29, 1.82) is 0 Å². The molecule has 0 heterocycles. The molecular weight excluding hydrogens is 326 g/mol. The number of nitrogens with one attached hydrogen (secondary N) is 1. The van der Waals surface area contributed by atoms with E-state index in [9.17, 15) is 9.59 Å². The van der Waals surface area contributed by atoms with E-state index in [0.29, 0.717) is 6.04 Å². The zero-order valence-corrected chi connectivity index (χ0v) is 16.8. The van der Waals surface area contributed by atoms with Crippen LogP contribution in [0.2, 0.25) is 0 Å². The molecule has 1 aliphatic carbocycles. The van der Waals surface area contributed by atoms with Crippen molar-refractivity contribution in [3.63, 3.8) is 0 Å². The first kappa shape index (κ1) is 20.4. The molecule has 0 bridgehead atoms. The Bertz CT molecular complexity index is 638. The number of carbonyl (C=O) groups is 2. The molecule has 144 valence electrons. The normalized spacial score (nSPS) is 16.4. The number of nitrogens with zero attached hydrogens (tertiary/aromatic N) is 2. The molecule has 1 aliphatic rings. The lowest BCUT2D eigenvalue weighted by Gasteiger charge is -2.35. The van der Waals surface area contributed by atoms with Crippen molar-refractivity contribution in [3.8, 4) is 0 Å². The second-order valence-electron chi connectivity index (χ2n) is 7.63. The SMILES string of the molecule is Cc1cccc(NC(=O)CN(C)[C@@H](C)C(=O)N(C)C2CCCCC2)c1C. The summed E-state index contributed by atoms with van der Waals surface area (Å²) >= 11 is 0. The van der Waals surface area contributed by atoms with Crippen molar-refractivity contribution in [2.24, 2.45) is 0 Å². The predicted octanol–water partition coefficient (Wildman–Crippen LogP) is 3.35. The largest absolute Gasteiger partial charge is 0.341 e. The van der Waals surface area contributed by atoms with E-state index in [-0.39, 0.29) is 24.4 Å². The van der Waals surface area contributed by atoms with Crippen LogP contribution < -0.4 is 5.32 Å². The number of likely N-dealkylation sites (N-methyl/N-ethyl adjacent to an activating group) is 2. The molecule has 5 heteroatoms. The molecule has 1 atom stereocenters. The van der Waals surface area contributed by atoms with Crippen molar-refractivity contribution in [3.05, 3.63) is 29.3 Å². The van der Waals surface area contributed by atoms with Gasteiger partial charge in [0.05, 0.1) is 12.6 Å². The van der Waals surface area contributed by atoms with Crippen molar-refractivity contribution < 1.29 is 9.59 Å². The molecule has 1 fully saturated rings. The predicted molar refractivity (Wildman–Crippen MR) is 106 cm³/mol. The molecule has 1 aromatic rings.